The van der Waals surface area contributed by atoms with Crippen LogP contribution in [-0.4, -0.2) is 28.9 Å². The molecule has 2 aromatic rings. The van der Waals surface area contributed by atoms with Crippen molar-refractivity contribution in [3.05, 3.63) is 47.0 Å². The second kappa shape index (κ2) is 8.40. The molecule has 128 valence electrons. The third-order valence-corrected chi connectivity index (χ3v) is 5.35. The molecule has 2 heterocycles. The first kappa shape index (κ1) is 17.1. The minimum atomic E-state index is 0.0338. The molecule has 0 saturated carbocycles. The molecule has 1 amide bonds. The van der Waals surface area contributed by atoms with Gasteiger partial charge in [0.15, 0.2) is 5.13 Å². The van der Waals surface area contributed by atoms with Crippen LogP contribution in [0.25, 0.3) is 0 Å². The number of piperidine rings is 1. The molecular formula is C19H25N3OS. The fourth-order valence-electron chi connectivity index (χ4n) is 2.97. The summed E-state index contributed by atoms with van der Waals surface area (Å²) < 4.78 is 0. The van der Waals surface area contributed by atoms with Crippen molar-refractivity contribution in [2.45, 2.75) is 39.2 Å². The van der Waals surface area contributed by atoms with Gasteiger partial charge in [0, 0.05) is 18.3 Å². The molecule has 1 saturated heterocycles. The molecule has 0 unspecified atom stereocenters. The maximum absolute atomic E-state index is 12.1. The Morgan fingerprint density at radius 3 is 2.79 bits per heavy atom. The summed E-state index contributed by atoms with van der Waals surface area (Å²) in [5.41, 5.74) is 2.25. The first-order valence-electron chi connectivity index (χ1n) is 8.69. The Hall–Kier alpha value is -1.72. The van der Waals surface area contributed by atoms with E-state index >= 15 is 0 Å². The van der Waals surface area contributed by atoms with Crippen molar-refractivity contribution in [1.82, 2.24) is 9.88 Å². The Labute approximate surface area is 147 Å². The van der Waals surface area contributed by atoms with Gasteiger partial charge in [-0.3, -0.25) is 9.69 Å². The third-order valence-electron chi connectivity index (χ3n) is 4.54. The Kier molecular flexibility index (Phi) is 5.99. The third kappa shape index (κ3) is 5.14. The van der Waals surface area contributed by atoms with Gasteiger partial charge in [-0.1, -0.05) is 37.3 Å². The van der Waals surface area contributed by atoms with Crippen molar-refractivity contribution < 1.29 is 4.79 Å². The minimum Gasteiger partial charge on any atom is -0.302 e. The number of hydrogen-bond donors (Lipinski definition) is 1. The van der Waals surface area contributed by atoms with Crippen LogP contribution in [-0.2, 0) is 17.8 Å². The standard InChI is InChI=1S/C19H25N3OS/c1-15-9-11-22(12-10-15)13-17-14-24-19(20-17)21-18(23)8-7-16-5-3-2-4-6-16/h2-6,14-15H,7-13H2,1H3,(H,20,21,23). The summed E-state index contributed by atoms with van der Waals surface area (Å²) in [5, 5.41) is 5.70. The van der Waals surface area contributed by atoms with Crippen molar-refractivity contribution in [1.29, 1.82) is 0 Å². The number of anilines is 1. The number of likely N-dealkylation sites (tertiary alicyclic amines) is 1. The highest BCUT2D eigenvalue weighted by atomic mass is 32.1. The number of carbonyl (C=O) groups is 1. The number of nitrogens with one attached hydrogen (secondary N) is 1. The Balaban J connectivity index is 1.44. The minimum absolute atomic E-state index is 0.0338. The summed E-state index contributed by atoms with van der Waals surface area (Å²) in [6, 6.07) is 10.1. The average Bonchev–Trinajstić information content (AvgIpc) is 3.03. The molecule has 1 aliphatic heterocycles. The van der Waals surface area contributed by atoms with E-state index in [0.717, 1.165) is 37.7 Å². The van der Waals surface area contributed by atoms with Gasteiger partial charge >= 0.3 is 0 Å². The van der Waals surface area contributed by atoms with Crippen LogP contribution in [0.5, 0.6) is 0 Å². The lowest BCUT2D eigenvalue weighted by Gasteiger charge is -2.29. The van der Waals surface area contributed by atoms with Crippen LogP contribution in [0.2, 0.25) is 0 Å². The number of aryl methyl sites for hydroxylation is 1. The van der Waals surface area contributed by atoms with Crippen molar-refractivity contribution >= 4 is 22.4 Å². The van der Waals surface area contributed by atoms with Crippen molar-refractivity contribution in [2.24, 2.45) is 5.92 Å². The zero-order valence-corrected chi connectivity index (χ0v) is 15.0. The van der Waals surface area contributed by atoms with E-state index < -0.39 is 0 Å². The molecule has 24 heavy (non-hydrogen) atoms. The van der Waals surface area contributed by atoms with Gasteiger partial charge in [-0.2, -0.15) is 0 Å². The molecule has 1 aliphatic rings. The van der Waals surface area contributed by atoms with Crippen molar-refractivity contribution in [2.75, 3.05) is 18.4 Å². The molecule has 0 aliphatic carbocycles. The van der Waals surface area contributed by atoms with Crippen LogP contribution in [0.4, 0.5) is 5.13 Å². The van der Waals surface area contributed by atoms with Gasteiger partial charge in [0.2, 0.25) is 5.91 Å². The first-order chi connectivity index (χ1) is 11.7. The highest BCUT2D eigenvalue weighted by Gasteiger charge is 2.17. The van der Waals surface area contributed by atoms with Crippen molar-refractivity contribution in [3.8, 4) is 0 Å². The zero-order valence-electron chi connectivity index (χ0n) is 14.2. The second-order valence-corrected chi connectivity index (χ2v) is 7.49. The second-order valence-electron chi connectivity index (χ2n) is 6.64. The first-order valence-corrected chi connectivity index (χ1v) is 9.57. The zero-order chi connectivity index (χ0) is 16.8. The Morgan fingerprint density at radius 1 is 1.29 bits per heavy atom. The molecule has 0 bridgehead atoms. The number of benzene rings is 1. The van der Waals surface area contributed by atoms with Gasteiger partial charge in [-0.15, -0.1) is 11.3 Å². The van der Waals surface area contributed by atoms with Crippen molar-refractivity contribution in [3.63, 3.8) is 0 Å². The van der Waals surface area contributed by atoms with E-state index in [2.05, 4.69) is 27.5 Å². The smallest absolute Gasteiger partial charge is 0.226 e. The molecule has 1 aromatic carbocycles. The number of rotatable bonds is 6. The van der Waals surface area contributed by atoms with E-state index in [-0.39, 0.29) is 5.91 Å². The summed E-state index contributed by atoms with van der Waals surface area (Å²) in [4.78, 5) is 19.1. The summed E-state index contributed by atoms with van der Waals surface area (Å²) >= 11 is 1.52. The van der Waals surface area contributed by atoms with Gasteiger partial charge in [0.1, 0.15) is 0 Å². The number of aromatic nitrogens is 1. The monoisotopic (exact) mass is 343 g/mol. The molecule has 0 atom stereocenters. The molecule has 1 N–H and O–H groups in total. The maximum Gasteiger partial charge on any atom is 0.226 e. The predicted molar refractivity (Wildman–Crippen MR) is 99.2 cm³/mol. The molecule has 5 heteroatoms. The van der Waals surface area contributed by atoms with Crippen LogP contribution in [0.3, 0.4) is 0 Å². The lowest BCUT2D eigenvalue weighted by molar-refractivity contribution is -0.116. The number of amides is 1. The van der Waals surface area contributed by atoms with Crippen LogP contribution in [0, 0.1) is 5.92 Å². The quantitative estimate of drug-likeness (QED) is 0.864. The number of hydrogen-bond acceptors (Lipinski definition) is 4. The van der Waals surface area contributed by atoms with Crippen LogP contribution in [0.15, 0.2) is 35.7 Å². The fraction of sp³-hybridized carbons (Fsp3) is 0.474. The lowest BCUT2D eigenvalue weighted by Crippen LogP contribution is -2.32. The van der Waals surface area contributed by atoms with E-state index in [9.17, 15) is 4.79 Å². The van der Waals surface area contributed by atoms with E-state index in [1.807, 2.05) is 30.3 Å². The molecule has 0 radical (unpaired) electrons. The van der Waals surface area contributed by atoms with E-state index in [0.29, 0.717) is 11.6 Å². The number of carbonyl (C=O) groups excluding carboxylic acids is 1. The number of thiazole rings is 1. The van der Waals surface area contributed by atoms with E-state index in [1.165, 1.54) is 29.7 Å². The molecular weight excluding hydrogens is 318 g/mol. The van der Waals surface area contributed by atoms with Crippen LogP contribution < -0.4 is 5.32 Å². The normalized spacial score (nSPS) is 16.2. The average molecular weight is 343 g/mol. The van der Waals surface area contributed by atoms with Gasteiger partial charge in [-0.05, 0) is 43.8 Å². The molecule has 0 spiro atoms. The van der Waals surface area contributed by atoms with Crippen LogP contribution in [0.1, 0.15) is 37.4 Å². The molecule has 1 fully saturated rings. The highest BCUT2D eigenvalue weighted by Crippen LogP contribution is 2.21. The summed E-state index contributed by atoms with van der Waals surface area (Å²) in [5.74, 6) is 0.877. The van der Waals surface area contributed by atoms with Gasteiger partial charge < -0.3 is 5.32 Å². The van der Waals surface area contributed by atoms with Crippen LogP contribution >= 0.6 is 11.3 Å². The maximum atomic E-state index is 12.1. The SMILES string of the molecule is CC1CCN(Cc2csc(NC(=O)CCc3ccccc3)n2)CC1. The van der Waals surface area contributed by atoms with Gasteiger partial charge in [-0.25, -0.2) is 4.98 Å². The molecule has 3 rings (SSSR count). The van der Waals surface area contributed by atoms with E-state index in [1.54, 1.807) is 0 Å². The van der Waals surface area contributed by atoms with Gasteiger partial charge in [0.05, 0.1) is 5.69 Å². The lowest BCUT2D eigenvalue weighted by atomic mass is 9.99. The number of nitrogens with zero attached hydrogens (tertiary/aromatic N) is 2. The highest BCUT2D eigenvalue weighted by molar-refractivity contribution is 7.13. The summed E-state index contributed by atoms with van der Waals surface area (Å²) in [7, 11) is 0. The Morgan fingerprint density at radius 2 is 2.04 bits per heavy atom. The summed E-state index contributed by atoms with van der Waals surface area (Å²) in [6.07, 6.45) is 3.79. The molecule has 4 nitrogen and oxygen atoms in total. The molecule has 1 aromatic heterocycles. The topological polar surface area (TPSA) is 45.2 Å². The predicted octanol–water partition coefficient (Wildman–Crippen LogP) is 3.95. The largest absolute Gasteiger partial charge is 0.302 e. The Bertz CT molecular complexity index is 648. The fourth-order valence-corrected chi connectivity index (χ4v) is 3.69. The van der Waals surface area contributed by atoms with E-state index in [4.69, 9.17) is 0 Å². The summed E-state index contributed by atoms with van der Waals surface area (Å²) in [6.45, 7) is 5.52. The van der Waals surface area contributed by atoms with Gasteiger partial charge in [0.25, 0.3) is 0 Å².